The zero-order valence-electron chi connectivity index (χ0n) is 9.66. The van der Waals surface area contributed by atoms with Crippen molar-refractivity contribution in [2.75, 3.05) is 19.8 Å². The third-order valence-corrected chi connectivity index (χ3v) is 3.13. The standard InChI is InChI=1S/C12H21NOS/c1-3-7-13-11(10-14-4-2)9-12-6-5-8-15-12/h5-6,8,11,13H,3-4,7,9-10H2,1-2H3. The summed E-state index contributed by atoms with van der Waals surface area (Å²) < 4.78 is 5.48. The molecule has 0 bridgehead atoms. The molecule has 1 rings (SSSR count). The van der Waals surface area contributed by atoms with Crippen LogP contribution in [0.5, 0.6) is 0 Å². The number of ether oxygens (including phenoxy) is 1. The third-order valence-electron chi connectivity index (χ3n) is 2.23. The van der Waals surface area contributed by atoms with E-state index in [-0.39, 0.29) is 0 Å². The number of hydrogen-bond acceptors (Lipinski definition) is 3. The van der Waals surface area contributed by atoms with Gasteiger partial charge in [0.25, 0.3) is 0 Å². The average Bonchev–Trinajstić information content (AvgIpc) is 2.74. The van der Waals surface area contributed by atoms with Gasteiger partial charge in [-0.2, -0.15) is 0 Å². The lowest BCUT2D eigenvalue weighted by molar-refractivity contribution is 0.123. The van der Waals surface area contributed by atoms with Gasteiger partial charge >= 0.3 is 0 Å². The second-order valence-corrected chi connectivity index (χ2v) is 4.63. The number of rotatable bonds is 8. The van der Waals surface area contributed by atoms with Gasteiger partial charge in [0.15, 0.2) is 0 Å². The zero-order chi connectivity index (χ0) is 10.9. The van der Waals surface area contributed by atoms with E-state index < -0.39 is 0 Å². The molecule has 1 aromatic heterocycles. The van der Waals surface area contributed by atoms with Crippen molar-refractivity contribution in [2.24, 2.45) is 0 Å². The molecule has 0 aliphatic carbocycles. The highest BCUT2D eigenvalue weighted by Crippen LogP contribution is 2.11. The molecule has 15 heavy (non-hydrogen) atoms. The Morgan fingerprint density at radius 3 is 2.93 bits per heavy atom. The Morgan fingerprint density at radius 2 is 2.33 bits per heavy atom. The van der Waals surface area contributed by atoms with Crippen LogP contribution in [0.2, 0.25) is 0 Å². The molecule has 0 radical (unpaired) electrons. The van der Waals surface area contributed by atoms with Crippen LogP contribution in [0.15, 0.2) is 17.5 Å². The van der Waals surface area contributed by atoms with Crippen molar-refractivity contribution in [1.29, 1.82) is 0 Å². The van der Waals surface area contributed by atoms with Gasteiger partial charge in [-0.1, -0.05) is 13.0 Å². The van der Waals surface area contributed by atoms with Gasteiger partial charge in [-0.25, -0.2) is 0 Å². The van der Waals surface area contributed by atoms with Crippen molar-refractivity contribution >= 4 is 11.3 Å². The van der Waals surface area contributed by atoms with Crippen molar-refractivity contribution in [2.45, 2.75) is 32.7 Å². The van der Waals surface area contributed by atoms with E-state index in [0.717, 1.165) is 26.2 Å². The van der Waals surface area contributed by atoms with Crippen LogP contribution in [0.1, 0.15) is 25.1 Å². The van der Waals surface area contributed by atoms with E-state index in [9.17, 15) is 0 Å². The zero-order valence-corrected chi connectivity index (χ0v) is 10.5. The number of hydrogen-bond donors (Lipinski definition) is 1. The quantitative estimate of drug-likeness (QED) is 0.737. The molecular weight excluding hydrogens is 206 g/mol. The van der Waals surface area contributed by atoms with E-state index in [1.165, 1.54) is 11.3 Å². The molecule has 1 N–H and O–H groups in total. The van der Waals surface area contributed by atoms with Gasteiger partial charge in [-0.3, -0.25) is 0 Å². The number of nitrogens with one attached hydrogen (secondary N) is 1. The summed E-state index contributed by atoms with van der Waals surface area (Å²) in [5.41, 5.74) is 0. The monoisotopic (exact) mass is 227 g/mol. The summed E-state index contributed by atoms with van der Waals surface area (Å²) in [5, 5.41) is 5.66. The van der Waals surface area contributed by atoms with Gasteiger partial charge < -0.3 is 10.1 Å². The van der Waals surface area contributed by atoms with Gasteiger partial charge in [0.1, 0.15) is 0 Å². The Balaban J connectivity index is 2.33. The summed E-state index contributed by atoms with van der Waals surface area (Å²) in [6.07, 6.45) is 2.25. The van der Waals surface area contributed by atoms with Crippen LogP contribution in [-0.2, 0) is 11.2 Å². The van der Waals surface area contributed by atoms with Gasteiger partial charge in [0.05, 0.1) is 6.61 Å². The fourth-order valence-corrected chi connectivity index (χ4v) is 2.26. The van der Waals surface area contributed by atoms with Crippen LogP contribution in [-0.4, -0.2) is 25.8 Å². The van der Waals surface area contributed by atoms with E-state index >= 15 is 0 Å². The highest BCUT2D eigenvalue weighted by atomic mass is 32.1. The minimum Gasteiger partial charge on any atom is -0.380 e. The summed E-state index contributed by atoms with van der Waals surface area (Å²) in [7, 11) is 0. The van der Waals surface area contributed by atoms with E-state index in [2.05, 4.69) is 29.8 Å². The first-order chi connectivity index (χ1) is 7.36. The van der Waals surface area contributed by atoms with E-state index in [0.29, 0.717) is 6.04 Å². The normalized spacial score (nSPS) is 12.9. The summed E-state index contributed by atoms with van der Waals surface area (Å²) in [6, 6.07) is 4.76. The lowest BCUT2D eigenvalue weighted by Crippen LogP contribution is -2.35. The minimum absolute atomic E-state index is 0.462. The Hall–Kier alpha value is -0.380. The Labute approximate surface area is 96.7 Å². The average molecular weight is 227 g/mol. The smallest absolute Gasteiger partial charge is 0.0623 e. The lowest BCUT2D eigenvalue weighted by atomic mass is 10.2. The molecule has 1 atom stereocenters. The summed E-state index contributed by atoms with van der Waals surface area (Å²) in [5.74, 6) is 0. The highest BCUT2D eigenvalue weighted by Gasteiger charge is 2.09. The molecule has 0 aliphatic heterocycles. The van der Waals surface area contributed by atoms with E-state index in [4.69, 9.17) is 4.74 Å². The van der Waals surface area contributed by atoms with Gasteiger partial charge in [-0.05, 0) is 37.8 Å². The molecule has 0 spiro atoms. The van der Waals surface area contributed by atoms with Crippen LogP contribution in [0.4, 0.5) is 0 Å². The van der Waals surface area contributed by atoms with Gasteiger partial charge in [-0.15, -0.1) is 11.3 Å². The molecule has 1 aromatic rings. The molecule has 0 aliphatic rings. The molecule has 0 saturated heterocycles. The van der Waals surface area contributed by atoms with Crippen LogP contribution < -0.4 is 5.32 Å². The third kappa shape index (κ3) is 5.30. The Bertz CT molecular complexity index is 228. The van der Waals surface area contributed by atoms with Crippen molar-refractivity contribution in [1.82, 2.24) is 5.32 Å². The lowest BCUT2D eigenvalue weighted by Gasteiger charge is -2.17. The summed E-state index contributed by atoms with van der Waals surface area (Å²) in [4.78, 5) is 1.43. The molecule has 1 heterocycles. The Kier molecular flexibility index (Phi) is 6.64. The van der Waals surface area contributed by atoms with E-state index in [1.807, 2.05) is 18.3 Å². The maximum absolute atomic E-state index is 5.48. The molecule has 86 valence electrons. The fourth-order valence-electron chi connectivity index (χ4n) is 1.47. The summed E-state index contributed by atoms with van der Waals surface area (Å²) in [6.45, 7) is 6.92. The molecule has 0 saturated carbocycles. The fraction of sp³-hybridized carbons (Fsp3) is 0.667. The van der Waals surface area contributed by atoms with Crippen molar-refractivity contribution in [3.05, 3.63) is 22.4 Å². The van der Waals surface area contributed by atoms with E-state index in [1.54, 1.807) is 0 Å². The molecule has 2 nitrogen and oxygen atoms in total. The maximum atomic E-state index is 5.48. The minimum atomic E-state index is 0.462. The van der Waals surface area contributed by atoms with Crippen LogP contribution in [0, 0.1) is 0 Å². The first-order valence-corrected chi connectivity index (χ1v) is 6.58. The number of thiophene rings is 1. The Morgan fingerprint density at radius 1 is 1.47 bits per heavy atom. The highest BCUT2D eigenvalue weighted by molar-refractivity contribution is 7.09. The maximum Gasteiger partial charge on any atom is 0.0623 e. The van der Waals surface area contributed by atoms with Crippen molar-refractivity contribution in [3.63, 3.8) is 0 Å². The van der Waals surface area contributed by atoms with Crippen molar-refractivity contribution < 1.29 is 4.74 Å². The molecule has 1 unspecified atom stereocenters. The molecule has 0 aromatic carbocycles. The molecule has 0 fully saturated rings. The molecule has 0 amide bonds. The second-order valence-electron chi connectivity index (χ2n) is 3.59. The second kappa shape index (κ2) is 7.85. The first-order valence-electron chi connectivity index (χ1n) is 5.70. The summed E-state index contributed by atoms with van der Waals surface area (Å²) >= 11 is 1.82. The van der Waals surface area contributed by atoms with Gasteiger partial charge in [0.2, 0.25) is 0 Å². The topological polar surface area (TPSA) is 21.3 Å². The SMILES string of the molecule is CCCNC(COCC)Cc1cccs1. The molecule has 3 heteroatoms. The van der Waals surface area contributed by atoms with Crippen molar-refractivity contribution in [3.8, 4) is 0 Å². The predicted octanol–water partition coefficient (Wildman–Crippen LogP) is 2.70. The first kappa shape index (κ1) is 12.7. The molecular formula is C12H21NOS. The van der Waals surface area contributed by atoms with Crippen LogP contribution in [0.25, 0.3) is 0 Å². The van der Waals surface area contributed by atoms with Crippen LogP contribution >= 0.6 is 11.3 Å². The largest absolute Gasteiger partial charge is 0.380 e. The predicted molar refractivity (Wildman–Crippen MR) is 66.6 cm³/mol. The van der Waals surface area contributed by atoms with Gasteiger partial charge in [0, 0.05) is 17.5 Å². The van der Waals surface area contributed by atoms with Crippen LogP contribution in [0.3, 0.4) is 0 Å².